The van der Waals surface area contributed by atoms with Crippen LogP contribution in [0.25, 0.3) is 5.65 Å². The van der Waals surface area contributed by atoms with Crippen LogP contribution >= 0.6 is 0 Å². The number of ether oxygens (including phenoxy) is 1. The molecule has 6 rings (SSSR count). The zero-order valence-corrected chi connectivity index (χ0v) is 22.9. The molecule has 3 amide bonds. The van der Waals surface area contributed by atoms with Crippen LogP contribution in [-0.2, 0) is 4.74 Å². The summed E-state index contributed by atoms with van der Waals surface area (Å²) >= 11 is 0. The van der Waals surface area contributed by atoms with Gasteiger partial charge in [0.1, 0.15) is 5.69 Å². The van der Waals surface area contributed by atoms with Crippen molar-refractivity contribution in [3.05, 3.63) is 41.1 Å². The minimum Gasteiger partial charge on any atom is -0.382 e. The molecule has 0 spiro atoms. The molecular formula is C26H30F4N8O4. The summed E-state index contributed by atoms with van der Waals surface area (Å²) in [7, 11) is 1.45. The Balaban J connectivity index is 1.30. The summed E-state index contributed by atoms with van der Waals surface area (Å²) in [5, 5.41) is 17.2. The van der Waals surface area contributed by atoms with Gasteiger partial charge < -0.3 is 20.3 Å². The van der Waals surface area contributed by atoms with Gasteiger partial charge in [-0.1, -0.05) is 5.16 Å². The zero-order valence-electron chi connectivity index (χ0n) is 22.9. The summed E-state index contributed by atoms with van der Waals surface area (Å²) in [5.74, 6) is -8.37. The molecule has 3 aromatic heterocycles. The molecule has 2 N–H and O–H groups in total. The highest BCUT2D eigenvalue weighted by molar-refractivity contribution is 5.93. The van der Waals surface area contributed by atoms with E-state index < -0.39 is 47.7 Å². The zero-order chi connectivity index (χ0) is 29.8. The van der Waals surface area contributed by atoms with Gasteiger partial charge in [0.15, 0.2) is 11.3 Å². The number of amides is 3. The molecule has 226 valence electrons. The Morgan fingerprint density at radius 2 is 2.00 bits per heavy atom. The highest BCUT2D eigenvalue weighted by atomic mass is 19.3. The van der Waals surface area contributed by atoms with Gasteiger partial charge in [-0.15, -0.1) is 0 Å². The van der Waals surface area contributed by atoms with E-state index in [0.29, 0.717) is 16.9 Å². The van der Waals surface area contributed by atoms with Gasteiger partial charge in [0.25, 0.3) is 11.8 Å². The molecule has 2 aliphatic carbocycles. The molecule has 0 unspecified atom stereocenters. The molecule has 42 heavy (non-hydrogen) atoms. The Morgan fingerprint density at radius 1 is 1.24 bits per heavy atom. The molecule has 3 fully saturated rings. The van der Waals surface area contributed by atoms with E-state index in [1.165, 1.54) is 22.7 Å². The predicted molar refractivity (Wildman–Crippen MR) is 136 cm³/mol. The van der Waals surface area contributed by atoms with Crippen LogP contribution in [0.2, 0.25) is 0 Å². The number of halogens is 4. The first kappa shape index (κ1) is 28.3. The maximum absolute atomic E-state index is 14.2. The van der Waals surface area contributed by atoms with E-state index in [-0.39, 0.29) is 62.7 Å². The molecule has 0 bridgehead atoms. The molecule has 3 aliphatic rings. The number of aryl methyl sites for hydroxylation is 1. The molecule has 0 radical (unpaired) electrons. The minimum atomic E-state index is -2.84. The topological polar surface area (TPSA) is 140 Å². The Kier molecular flexibility index (Phi) is 7.06. The molecule has 1 saturated heterocycles. The smallest absolute Gasteiger partial charge is 0.318 e. The van der Waals surface area contributed by atoms with E-state index in [1.807, 2.05) is 0 Å². The van der Waals surface area contributed by atoms with Crippen LogP contribution in [0.15, 0.2) is 23.1 Å². The van der Waals surface area contributed by atoms with Gasteiger partial charge in [-0.3, -0.25) is 4.79 Å². The molecule has 12 nitrogen and oxygen atoms in total. The number of urea groups is 1. The summed E-state index contributed by atoms with van der Waals surface area (Å²) in [6.07, 6.45) is 2.79. The number of nitrogens with one attached hydrogen (secondary N) is 2. The lowest BCUT2D eigenvalue weighted by molar-refractivity contribution is -0.0495. The van der Waals surface area contributed by atoms with Crippen molar-refractivity contribution in [1.82, 2.24) is 40.4 Å². The quantitative estimate of drug-likeness (QED) is 0.379. The SMILES string of the molecule is COC[C@H](c1cnn2cc([C@@H](NC(=O)c3nonc3C)C3CCC(F)(F)CC3)nc2c1)N1C[C@H]2[C@@H](CNC1=O)C2(F)F. The Labute approximate surface area is 237 Å². The number of imidazole rings is 1. The minimum absolute atomic E-state index is 0.0214. The van der Waals surface area contributed by atoms with E-state index in [0.717, 1.165) is 0 Å². The number of rotatable bonds is 8. The summed E-state index contributed by atoms with van der Waals surface area (Å²) in [4.78, 5) is 31.9. The van der Waals surface area contributed by atoms with Crippen LogP contribution in [0.1, 0.15) is 65.2 Å². The van der Waals surface area contributed by atoms with Crippen LogP contribution in [-0.4, -0.2) is 80.4 Å². The summed E-state index contributed by atoms with van der Waals surface area (Å²) < 4.78 is 67.8. The third kappa shape index (κ3) is 5.16. The van der Waals surface area contributed by atoms with Crippen molar-refractivity contribution in [1.29, 1.82) is 0 Å². The second kappa shape index (κ2) is 10.5. The maximum atomic E-state index is 14.2. The molecule has 2 saturated carbocycles. The van der Waals surface area contributed by atoms with E-state index in [4.69, 9.17) is 4.74 Å². The van der Waals surface area contributed by atoms with Gasteiger partial charge in [0, 0.05) is 38.6 Å². The summed E-state index contributed by atoms with van der Waals surface area (Å²) in [5.41, 5.74) is 1.52. The number of methoxy groups -OCH3 is 1. The lowest BCUT2D eigenvalue weighted by Crippen LogP contribution is -2.44. The molecule has 3 aromatic rings. The first-order chi connectivity index (χ1) is 20.0. The molecule has 1 aliphatic heterocycles. The predicted octanol–water partition coefficient (Wildman–Crippen LogP) is 3.31. The third-order valence-electron chi connectivity index (χ3n) is 8.64. The van der Waals surface area contributed by atoms with Gasteiger partial charge in [-0.05, 0) is 36.9 Å². The lowest BCUT2D eigenvalue weighted by atomic mass is 9.81. The largest absolute Gasteiger partial charge is 0.382 e. The third-order valence-corrected chi connectivity index (χ3v) is 8.64. The normalized spacial score (nSPS) is 24.9. The van der Waals surface area contributed by atoms with Crippen LogP contribution in [0, 0.1) is 24.7 Å². The van der Waals surface area contributed by atoms with Crippen molar-refractivity contribution in [3.63, 3.8) is 0 Å². The van der Waals surface area contributed by atoms with E-state index in [9.17, 15) is 27.2 Å². The molecular weight excluding hydrogens is 564 g/mol. The number of carbonyl (C=O) groups is 2. The van der Waals surface area contributed by atoms with Crippen molar-refractivity contribution in [3.8, 4) is 0 Å². The fourth-order valence-electron chi connectivity index (χ4n) is 6.09. The molecule has 0 aromatic carbocycles. The second-order valence-corrected chi connectivity index (χ2v) is 11.3. The fourth-order valence-corrected chi connectivity index (χ4v) is 6.09. The van der Waals surface area contributed by atoms with Gasteiger partial charge >= 0.3 is 6.03 Å². The number of alkyl halides is 4. The van der Waals surface area contributed by atoms with Crippen LogP contribution in [0.4, 0.5) is 22.4 Å². The highest BCUT2D eigenvalue weighted by Crippen LogP contribution is 2.56. The first-order valence-electron chi connectivity index (χ1n) is 13.7. The van der Waals surface area contributed by atoms with E-state index in [2.05, 4.69) is 35.7 Å². The number of hydrogen-bond donors (Lipinski definition) is 2. The van der Waals surface area contributed by atoms with E-state index >= 15 is 0 Å². The number of nitrogens with zero attached hydrogens (tertiary/aromatic N) is 6. The standard InChI is InChI=1S/C26H30F4N8O4/c1-13-21(36-42-35-13)23(39)34-22(14-3-5-25(27,28)6-4-14)18-11-38-20(33-18)7-15(8-32-38)19(12-41-2)37-10-17-16(26(17,29)30)9-31-24(37)40/h7-8,11,14,16-17,19,22H,3-6,9-10,12H2,1-2H3,(H,31,40)(H,34,39)/t16-,17+,19-,22+/m1/s1. The Bertz CT molecular complexity index is 1490. The van der Waals surface area contributed by atoms with Gasteiger partial charge in [0.2, 0.25) is 5.92 Å². The number of aromatic nitrogens is 5. The van der Waals surface area contributed by atoms with Gasteiger partial charge in [0.05, 0.1) is 48.6 Å². The highest BCUT2D eigenvalue weighted by Gasteiger charge is 2.69. The first-order valence-corrected chi connectivity index (χ1v) is 13.7. The van der Waals surface area contributed by atoms with E-state index in [1.54, 1.807) is 19.2 Å². The van der Waals surface area contributed by atoms with Gasteiger partial charge in [-0.25, -0.2) is 36.5 Å². The van der Waals surface area contributed by atoms with Crippen molar-refractivity contribution in [2.75, 3.05) is 26.8 Å². The number of carbonyl (C=O) groups excluding carboxylic acids is 2. The van der Waals surface area contributed by atoms with Crippen LogP contribution in [0.5, 0.6) is 0 Å². The molecule has 16 heteroatoms. The Hall–Kier alpha value is -3.82. The molecule has 4 heterocycles. The molecule has 4 atom stereocenters. The summed E-state index contributed by atoms with van der Waals surface area (Å²) in [6, 6.07) is -0.268. The monoisotopic (exact) mass is 594 g/mol. The van der Waals surface area contributed by atoms with Crippen molar-refractivity contribution >= 4 is 17.6 Å². The van der Waals surface area contributed by atoms with Crippen molar-refractivity contribution in [2.24, 2.45) is 17.8 Å². The lowest BCUT2D eigenvalue weighted by Gasteiger charge is -2.33. The average molecular weight is 595 g/mol. The van der Waals surface area contributed by atoms with Crippen LogP contribution in [0.3, 0.4) is 0 Å². The van der Waals surface area contributed by atoms with Crippen LogP contribution < -0.4 is 10.6 Å². The average Bonchev–Trinajstić information content (AvgIpc) is 3.24. The van der Waals surface area contributed by atoms with Crippen molar-refractivity contribution in [2.45, 2.75) is 56.5 Å². The fraction of sp³-hybridized carbons (Fsp3) is 0.615. The van der Waals surface area contributed by atoms with Gasteiger partial charge in [-0.2, -0.15) is 5.10 Å². The maximum Gasteiger partial charge on any atom is 0.318 e. The number of fused-ring (bicyclic) bond motifs is 2. The van der Waals surface area contributed by atoms with Crippen molar-refractivity contribution < 1.29 is 36.5 Å². The Morgan fingerprint density at radius 3 is 2.69 bits per heavy atom. The number of hydrogen-bond acceptors (Lipinski definition) is 8. The summed E-state index contributed by atoms with van der Waals surface area (Å²) in [6.45, 7) is 1.35. The second-order valence-electron chi connectivity index (χ2n) is 11.3.